The van der Waals surface area contributed by atoms with Gasteiger partial charge in [-0.3, -0.25) is 4.18 Å². The van der Waals surface area contributed by atoms with E-state index in [4.69, 9.17) is 13.7 Å². The summed E-state index contributed by atoms with van der Waals surface area (Å²) in [6.45, 7) is 6.53. The molecule has 0 atom stereocenters. The average Bonchev–Trinajstić information content (AvgIpc) is 2.85. The number of methoxy groups -OCH3 is 2. The number of hydrogen-bond donors (Lipinski definition) is 0. The summed E-state index contributed by atoms with van der Waals surface area (Å²) < 4.78 is 39.7. The summed E-state index contributed by atoms with van der Waals surface area (Å²) in [7, 11) is -0.464. The van der Waals surface area contributed by atoms with Crippen molar-refractivity contribution < 1.29 is 22.1 Å². The van der Waals surface area contributed by atoms with Crippen LogP contribution in [-0.2, 0) is 26.3 Å². The Morgan fingerprint density at radius 1 is 0.806 bits per heavy atom. The van der Waals surface area contributed by atoms with Crippen molar-refractivity contribution >= 4 is 20.9 Å². The topological polar surface area (TPSA) is 61.8 Å². The second-order valence-corrected chi connectivity index (χ2v) is 11.5. The third kappa shape index (κ3) is 5.40. The van der Waals surface area contributed by atoms with E-state index in [9.17, 15) is 8.42 Å². The number of fused-ring (bicyclic) bond motifs is 1. The molecule has 0 aliphatic heterocycles. The molecule has 0 saturated carbocycles. The molecule has 0 saturated heterocycles. The maximum Gasteiger partial charge on any atom is 0.264 e. The molecule has 4 aromatic rings. The molecule has 0 bridgehead atoms. The van der Waals surface area contributed by atoms with Gasteiger partial charge in [-0.05, 0) is 56.1 Å². The van der Waals surface area contributed by atoms with E-state index in [0.717, 1.165) is 39.3 Å². The van der Waals surface area contributed by atoms with Crippen molar-refractivity contribution in [3.05, 3.63) is 83.9 Å². The van der Waals surface area contributed by atoms with Gasteiger partial charge in [0.2, 0.25) is 0 Å². The molecule has 0 heterocycles. The predicted octanol–water partition coefficient (Wildman–Crippen LogP) is 6.96. The van der Waals surface area contributed by atoms with Crippen molar-refractivity contribution in [3.8, 4) is 33.8 Å². The Hall–Kier alpha value is -3.35. The van der Waals surface area contributed by atoms with E-state index in [1.54, 1.807) is 26.4 Å². The molecule has 0 aromatic heterocycles. The molecular weight excluding hydrogens is 472 g/mol. The molecule has 6 heteroatoms. The molecule has 0 aliphatic carbocycles. The molecule has 0 aliphatic rings. The van der Waals surface area contributed by atoms with E-state index in [2.05, 4.69) is 75.4 Å². The van der Waals surface area contributed by atoms with Gasteiger partial charge >= 0.3 is 0 Å². The molecule has 0 fully saturated rings. The molecule has 36 heavy (non-hydrogen) atoms. The van der Waals surface area contributed by atoms with Crippen molar-refractivity contribution in [2.75, 3.05) is 20.5 Å². The van der Waals surface area contributed by atoms with Crippen molar-refractivity contribution in [1.82, 2.24) is 0 Å². The van der Waals surface area contributed by atoms with Crippen LogP contribution in [0.25, 0.3) is 33.0 Å². The standard InChI is InChI=1S/C30H32O5S/c1-30(2,3)24-14-10-20(11-15-24)25-9-7-8-21-18-22(12-16-26(21)25)28-23(19-35-36(6,31)32)13-17-27(33-4)29(28)34-5/h7-18H,19H2,1-6H3. The minimum atomic E-state index is -3.61. The van der Waals surface area contributed by atoms with Gasteiger partial charge in [0.1, 0.15) is 0 Å². The van der Waals surface area contributed by atoms with Crippen LogP contribution < -0.4 is 9.47 Å². The smallest absolute Gasteiger partial charge is 0.264 e. The summed E-state index contributed by atoms with van der Waals surface area (Å²) in [6, 6.07) is 24.8. The normalized spacial score (nSPS) is 12.1. The molecule has 0 radical (unpaired) electrons. The molecule has 0 amide bonds. The lowest BCUT2D eigenvalue weighted by Crippen LogP contribution is -2.10. The number of hydrogen-bond acceptors (Lipinski definition) is 5. The summed E-state index contributed by atoms with van der Waals surface area (Å²) in [5.74, 6) is 1.09. The Labute approximate surface area is 213 Å². The van der Waals surface area contributed by atoms with Gasteiger partial charge in [-0.2, -0.15) is 8.42 Å². The van der Waals surface area contributed by atoms with E-state index in [1.807, 2.05) is 6.07 Å². The van der Waals surface area contributed by atoms with Crippen molar-refractivity contribution in [1.29, 1.82) is 0 Å². The first-order valence-corrected chi connectivity index (χ1v) is 13.6. The Bertz CT molecular complexity index is 1500. The third-order valence-electron chi connectivity index (χ3n) is 6.29. The highest BCUT2D eigenvalue weighted by atomic mass is 32.2. The molecular formula is C30H32O5S. The Morgan fingerprint density at radius 3 is 2.11 bits per heavy atom. The lowest BCUT2D eigenvalue weighted by molar-refractivity contribution is 0.310. The maximum atomic E-state index is 11.7. The van der Waals surface area contributed by atoms with Gasteiger partial charge in [0.15, 0.2) is 11.5 Å². The highest BCUT2D eigenvalue weighted by Crippen LogP contribution is 2.42. The molecule has 4 rings (SSSR count). The van der Waals surface area contributed by atoms with Gasteiger partial charge in [0.25, 0.3) is 10.1 Å². The highest BCUT2D eigenvalue weighted by Gasteiger charge is 2.19. The van der Waals surface area contributed by atoms with Gasteiger partial charge in [-0.1, -0.05) is 81.4 Å². The largest absolute Gasteiger partial charge is 0.493 e. The van der Waals surface area contributed by atoms with Gasteiger partial charge in [0, 0.05) is 5.56 Å². The van der Waals surface area contributed by atoms with Crippen LogP contribution in [0.1, 0.15) is 31.9 Å². The van der Waals surface area contributed by atoms with Crippen molar-refractivity contribution in [2.45, 2.75) is 32.8 Å². The van der Waals surface area contributed by atoms with E-state index in [0.29, 0.717) is 17.1 Å². The zero-order valence-corrected chi connectivity index (χ0v) is 22.4. The van der Waals surface area contributed by atoms with Crippen LogP contribution in [0.5, 0.6) is 11.5 Å². The summed E-state index contributed by atoms with van der Waals surface area (Å²) >= 11 is 0. The highest BCUT2D eigenvalue weighted by molar-refractivity contribution is 7.85. The predicted molar refractivity (Wildman–Crippen MR) is 146 cm³/mol. The van der Waals surface area contributed by atoms with Gasteiger partial charge in [0.05, 0.1) is 27.1 Å². The summed E-state index contributed by atoms with van der Waals surface area (Å²) in [5.41, 5.74) is 6.00. The van der Waals surface area contributed by atoms with Crippen LogP contribution >= 0.6 is 0 Å². The Balaban J connectivity index is 1.84. The first-order valence-electron chi connectivity index (χ1n) is 11.7. The van der Waals surface area contributed by atoms with Crippen LogP contribution in [0, 0.1) is 0 Å². The summed E-state index contributed by atoms with van der Waals surface area (Å²) in [4.78, 5) is 0. The molecule has 188 valence electrons. The lowest BCUT2D eigenvalue weighted by Gasteiger charge is -2.19. The monoisotopic (exact) mass is 504 g/mol. The Morgan fingerprint density at radius 2 is 1.50 bits per heavy atom. The minimum Gasteiger partial charge on any atom is -0.493 e. The molecule has 0 unspecified atom stereocenters. The minimum absolute atomic E-state index is 0.0977. The molecule has 5 nitrogen and oxygen atoms in total. The van der Waals surface area contributed by atoms with Gasteiger partial charge in [-0.25, -0.2) is 0 Å². The van der Waals surface area contributed by atoms with E-state index in [1.165, 1.54) is 5.56 Å². The van der Waals surface area contributed by atoms with Crippen LogP contribution in [0.3, 0.4) is 0 Å². The fourth-order valence-corrected chi connectivity index (χ4v) is 4.76. The van der Waals surface area contributed by atoms with Crippen LogP contribution in [0.4, 0.5) is 0 Å². The van der Waals surface area contributed by atoms with Crippen LogP contribution in [0.15, 0.2) is 72.8 Å². The Kier molecular flexibility index (Phi) is 7.12. The zero-order chi connectivity index (χ0) is 26.1. The van der Waals surface area contributed by atoms with Gasteiger partial charge in [-0.15, -0.1) is 0 Å². The second-order valence-electron chi connectivity index (χ2n) is 9.87. The maximum absolute atomic E-state index is 11.7. The van der Waals surface area contributed by atoms with Crippen molar-refractivity contribution in [2.24, 2.45) is 0 Å². The summed E-state index contributed by atoms with van der Waals surface area (Å²) in [6.07, 6.45) is 1.04. The average molecular weight is 505 g/mol. The van der Waals surface area contributed by atoms with E-state index < -0.39 is 10.1 Å². The quantitative estimate of drug-likeness (QED) is 0.255. The van der Waals surface area contributed by atoms with Crippen molar-refractivity contribution in [3.63, 3.8) is 0 Å². The van der Waals surface area contributed by atoms with Crippen LogP contribution in [-0.4, -0.2) is 28.9 Å². The van der Waals surface area contributed by atoms with E-state index >= 15 is 0 Å². The fourth-order valence-electron chi connectivity index (χ4n) is 4.42. The van der Waals surface area contributed by atoms with E-state index in [-0.39, 0.29) is 12.0 Å². The first-order chi connectivity index (χ1) is 17.0. The summed E-state index contributed by atoms with van der Waals surface area (Å²) in [5, 5.41) is 2.19. The van der Waals surface area contributed by atoms with Gasteiger partial charge < -0.3 is 9.47 Å². The number of benzene rings is 4. The zero-order valence-electron chi connectivity index (χ0n) is 21.6. The number of ether oxygens (including phenoxy) is 2. The van der Waals surface area contributed by atoms with Crippen LogP contribution in [0.2, 0.25) is 0 Å². The number of rotatable bonds is 7. The SMILES string of the molecule is COc1ccc(COS(C)(=O)=O)c(-c2ccc3c(-c4ccc(C(C)(C)C)cc4)cccc3c2)c1OC. The molecule has 0 spiro atoms. The first kappa shape index (κ1) is 25.7. The lowest BCUT2D eigenvalue weighted by atomic mass is 9.86. The second kappa shape index (κ2) is 9.96. The molecule has 4 aromatic carbocycles. The third-order valence-corrected chi connectivity index (χ3v) is 6.84. The molecule has 0 N–H and O–H groups in total. The fraction of sp³-hybridized carbons (Fsp3) is 0.267.